The maximum atomic E-state index is 12.8. The Bertz CT molecular complexity index is 887. The van der Waals surface area contributed by atoms with Crippen molar-refractivity contribution in [2.45, 2.75) is 18.7 Å². The highest BCUT2D eigenvalue weighted by Gasteiger charge is 2.29. The number of nitrogens with one attached hydrogen (secondary N) is 1. The fraction of sp³-hybridized carbons (Fsp3) is 0.316. The van der Waals surface area contributed by atoms with E-state index in [2.05, 4.69) is 5.32 Å². The monoisotopic (exact) mass is 389 g/mol. The molecule has 0 saturated carbocycles. The second-order valence-electron chi connectivity index (χ2n) is 6.50. The SMILES string of the molecule is Cc1ccc(S(=O)(=O)N2CCN(C(=S)Nc3cccc(C)c3)CC2)cc1. The Balaban J connectivity index is 1.61. The first-order valence-electron chi connectivity index (χ1n) is 8.56. The van der Waals surface area contributed by atoms with E-state index in [1.165, 1.54) is 4.31 Å². The van der Waals surface area contributed by atoms with Crippen molar-refractivity contribution in [2.24, 2.45) is 0 Å². The standard InChI is InChI=1S/C19H23N3O2S2/c1-15-6-8-18(9-7-15)26(23,24)22-12-10-21(11-13-22)19(25)20-17-5-3-4-16(2)14-17/h3-9,14H,10-13H2,1-2H3,(H,20,25). The molecule has 7 heteroatoms. The highest BCUT2D eigenvalue weighted by molar-refractivity contribution is 7.89. The van der Waals surface area contributed by atoms with Gasteiger partial charge in [-0.05, 0) is 55.9 Å². The fourth-order valence-electron chi connectivity index (χ4n) is 2.92. The molecule has 1 fully saturated rings. The van der Waals surface area contributed by atoms with Gasteiger partial charge in [0.15, 0.2) is 5.11 Å². The molecule has 26 heavy (non-hydrogen) atoms. The zero-order valence-corrected chi connectivity index (χ0v) is 16.6. The van der Waals surface area contributed by atoms with E-state index in [1.54, 1.807) is 12.1 Å². The molecule has 138 valence electrons. The molecule has 5 nitrogen and oxygen atoms in total. The van der Waals surface area contributed by atoms with Gasteiger partial charge < -0.3 is 10.2 Å². The topological polar surface area (TPSA) is 52.7 Å². The van der Waals surface area contributed by atoms with E-state index in [1.807, 2.05) is 55.1 Å². The number of hydrogen-bond donors (Lipinski definition) is 1. The lowest BCUT2D eigenvalue weighted by Gasteiger charge is -2.35. The number of nitrogens with zero attached hydrogens (tertiary/aromatic N) is 2. The van der Waals surface area contributed by atoms with Crippen LogP contribution in [0.25, 0.3) is 0 Å². The minimum Gasteiger partial charge on any atom is -0.346 e. The van der Waals surface area contributed by atoms with Gasteiger partial charge >= 0.3 is 0 Å². The quantitative estimate of drug-likeness (QED) is 0.818. The van der Waals surface area contributed by atoms with Crippen molar-refractivity contribution < 1.29 is 8.42 Å². The Kier molecular flexibility index (Phi) is 5.60. The van der Waals surface area contributed by atoms with Crippen molar-refractivity contribution in [2.75, 3.05) is 31.5 Å². The summed E-state index contributed by atoms with van der Waals surface area (Å²) in [4.78, 5) is 2.36. The zero-order chi connectivity index (χ0) is 18.7. The van der Waals surface area contributed by atoms with Crippen LogP contribution in [0.1, 0.15) is 11.1 Å². The van der Waals surface area contributed by atoms with Gasteiger partial charge in [0.1, 0.15) is 0 Å². The van der Waals surface area contributed by atoms with Gasteiger partial charge in [-0.25, -0.2) is 8.42 Å². The molecule has 0 aromatic heterocycles. The number of thiocarbonyl (C=S) groups is 1. The van der Waals surface area contributed by atoms with Crippen molar-refractivity contribution in [3.8, 4) is 0 Å². The Morgan fingerprint density at radius 1 is 0.962 bits per heavy atom. The normalized spacial score (nSPS) is 15.7. The molecule has 0 unspecified atom stereocenters. The molecular formula is C19H23N3O2S2. The summed E-state index contributed by atoms with van der Waals surface area (Å²) in [5.74, 6) is 0. The summed E-state index contributed by atoms with van der Waals surface area (Å²) >= 11 is 5.49. The average Bonchev–Trinajstić information content (AvgIpc) is 2.62. The van der Waals surface area contributed by atoms with Crippen LogP contribution >= 0.6 is 12.2 Å². The van der Waals surface area contributed by atoms with Crippen molar-refractivity contribution in [1.29, 1.82) is 0 Å². The summed E-state index contributed by atoms with van der Waals surface area (Å²) in [7, 11) is -3.45. The third-order valence-electron chi connectivity index (χ3n) is 4.45. The van der Waals surface area contributed by atoms with Crippen LogP contribution in [0.4, 0.5) is 5.69 Å². The van der Waals surface area contributed by atoms with Crippen LogP contribution in [0.3, 0.4) is 0 Å². The molecule has 1 aliphatic heterocycles. The van der Waals surface area contributed by atoms with Crippen LogP contribution in [0.15, 0.2) is 53.4 Å². The van der Waals surface area contributed by atoms with Crippen LogP contribution in [0, 0.1) is 13.8 Å². The highest BCUT2D eigenvalue weighted by Crippen LogP contribution is 2.19. The number of hydrogen-bond acceptors (Lipinski definition) is 3. The van der Waals surface area contributed by atoms with Crippen molar-refractivity contribution in [1.82, 2.24) is 9.21 Å². The van der Waals surface area contributed by atoms with Gasteiger partial charge in [-0.2, -0.15) is 4.31 Å². The molecule has 0 radical (unpaired) electrons. The van der Waals surface area contributed by atoms with Crippen LogP contribution < -0.4 is 5.32 Å². The number of rotatable bonds is 3. The predicted molar refractivity (Wildman–Crippen MR) is 109 cm³/mol. The van der Waals surface area contributed by atoms with Gasteiger partial charge in [0.2, 0.25) is 10.0 Å². The maximum Gasteiger partial charge on any atom is 0.243 e. The third kappa shape index (κ3) is 4.23. The number of piperazine rings is 1. The van der Waals surface area contributed by atoms with Crippen molar-refractivity contribution in [3.63, 3.8) is 0 Å². The van der Waals surface area contributed by atoms with Gasteiger partial charge in [0.25, 0.3) is 0 Å². The predicted octanol–water partition coefficient (Wildman–Crippen LogP) is 3.01. The van der Waals surface area contributed by atoms with E-state index in [9.17, 15) is 8.42 Å². The molecule has 2 aromatic rings. The van der Waals surface area contributed by atoms with E-state index in [4.69, 9.17) is 12.2 Å². The Hall–Kier alpha value is -1.96. The first-order chi connectivity index (χ1) is 12.4. The Morgan fingerprint density at radius 3 is 2.23 bits per heavy atom. The average molecular weight is 390 g/mol. The zero-order valence-electron chi connectivity index (χ0n) is 15.0. The molecule has 2 aromatic carbocycles. The number of benzene rings is 2. The summed E-state index contributed by atoms with van der Waals surface area (Å²) in [6.07, 6.45) is 0. The van der Waals surface area contributed by atoms with Crippen LogP contribution in [0.2, 0.25) is 0 Å². The lowest BCUT2D eigenvalue weighted by Crippen LogP contribution is -2.51. The van der Waals surface area contributed by atoms with Crippen molar-refractivity contribution >= 4 is 33.0 Å². The molecule has 0 aliphatic carbocycles. The first kappa shape index (κ1) is 18.8. The Morgan fingerprint density at radius 2 is 1.62 bits per heavy atom. The summed E-state index contributed by atoms with van der Waals surface area (Å²) < 4.78 is 27.1. The largest absolute Gasteiger partial charge is 0.346 e. The van der Waals surface area contributed by atoms with Gasteiger partial charge in [-0.15, -0.1) is 0 Å². The molecule has 1 N–H and O–H groups in total. The van der Waals surface area contributed by atoms with Crippen molar-refractivity contribution in [3.05, 3.63) is 59.7 Å². The minimum absolute atomic E-state index is 0.344. The number of sulfonamides is 1. The molecule has 1 saturated heterocycles. The molecule has 0 amide bonds. The third-order valence-corrected chi connectivity index (χ3v) is 6.73. The van der Waals surface area contributed by atoms with E-state index in [-0.39, 0.29) is 0 Å². The molecular weight excluding hydrogens is 366 g/mol. The molecule has 1 heterocycles. The molecule has 3 rings (SSSR count). The van der Waals surface area contributed by atoms with Gasteiger partial charge in [-0.1, -0.05) is 29.8 Å². The highest BCUT2D eigenvalue weighted by atomic mass is 32.2. The smallest absolute Gasteiger partial charge is 0.243 e. The van der Waals surface area contributed by atoms with Gasteiger partial charge in [0.05, 0.1) is 4.90 Å². The fourth-order valence-corrected chi connectivity index (χ4v) is 4.64. The van der Waals surface area contributed by atoms with Crippen LogP contribution in [-0.2, 0) is 10.0 Å². The molecule has 0 spiro atoms. The second kappa shape index (κ2) is 7.73. The lowest BCUT2D eigenvalue weighted by molar-refractivity contribution is 0.268. The van der Waals surface area contributed by atoms with Crippen LogP contribution in [-0.4, -0.2) is 48.9 Å². The molecule has 0 bridgehead atoms. The molecule has 0 atom stereocenters. The minimum atomic E-state index is -3.45. The lowest BCUT2D eigenvalue weighted by atomic mass is 10.2. The second-order valence-corrected chi connectivity index (χ2v) is 8.83. The Labute approximate surface area is 160 Å². The molecule has 1 aliphatic rings. The summed E-state index contributed by atoms with van der Waals surface area (Å²) in [6.45, 7) is 5.96. The maximum absolute atomic E-state index is 12.8. The first-order valence-corrected chi connectivity index (χ1v) is 10.4. The van der Waals surface area contributed by atoms with E-state index in [0.29, 0.717) is 36.2 Å². The van der Waals surface area contributed by atoms with Gasteiger partial charge in [0, 0.05) is 31.9 Å². The van der Waals surface area contributed by atoms with E-state index in [0.717, 1.165) is 16.8 Å². The van der Waals surface area contributed by atoms with Gasteiger partial charge in [-0.3, -0.25) is 0 Å². The van der Waals surface area contributed by atoms with E-state index >= 15 is 0 Å². The van der Waals surface area contributed by atoms with E-state index < -0.39 is 10.0 Å². The summed E-state index contributed by atoms with van der Waals surface area (Å²) in [5, 5.41) is 3.86. The summed E-state index contributed by atoms with van der Waals surface area (Å²) in [5.41, 5.74) is 3.15. The summed E-state index contributed by atoms with van der Waals surface area (Å²) in [6, 6.07) is 15.0. The number of anilines is 1. The van der Waals surface area contributed by atoms with Crippen LogP contribution in [0.5, 0.6) is 0 Å². The number of aryl methyl sites for hydroxylation is 2.